The zero-order chi connectivity index (χ0) is 15.5. The minimum Gasteiger partial charge on any atom is -0.355 e. The molecule has 6 nitrogen and oxygen atoms in total. The van der Waals surface area contributed by atoms with E-state index in [1.54, 1.807) is 18.2 Å². The molecule has 1 heterocycles. The minimum atomic E-state index is -3.57. The molecule has 0 aromatic heterocycles. The topological polar surface area (TPSA) is 78.5 Å². The van der Waals surface area contributed by atoms with Crippen molar-refractivity contribution >= 4 is 21.8 Å². The second kappa shape index (κ2) is 6.44. The number of hydrogen-bond donors (Lipinski definition) is 2. The first-order valence-electron chi connectivity index (χ1n) is 7.02. The smallest absolute Gasteiger partial charge is 0.301 e. The molecule has 0 unspecified atom stereocenters. The van der Waals surface area contributed by atoms with Gasteiger partial charge in [-0.15, -0.1) is 0 Å². The van der Waals surface area contributed by atoms with Crippen molar-refractivity contribution in [3.8, 4) is 0 Å². The summed E-state index contributed by atoms with van der Waals surface area (Å²) in [4.78, 5) is 11.6. The molecule has 1 saturated heterocycles. The lowest BCUT2D eigenvalue weighted by Gasteiger charge is -2.30. The van der Waals surface area contributed by atoms with E-state index in [4.69, 9.17) is 0 Å². The fourth-order valence-electron chi connectivity index (χ4n) is 2.45. The van der Waals surface area contributed by atoms with Crippen LogP contribution in [0.3, 0.4) is 0 Å². The maximum Gasteiger partial charge on any atom is 0.301 e. The normalized spacial score (nSPS) is 20.0. The van der Waals surface area contributed by atoms with Crippen LogP contribution in [-0.2, 0) is 10.2 Å². The number of anilines is 1. The first-order valence-corrected chi connectivity index (χ1v) is 8.46. The third-order valence-corrected chi connectivity index (χ3v) is 5.06. The highest BCUT2D eigenvalue weighted by Crippen LogP contribution is 2.20. The number of nitrogens with zero attached hydrogens (tertiary/aromatic N) is 1. The highest BCUT2D eigenvalue weighted by Gasteiger charge is 2.27. The molecule has 2 rings (SSSR count). The Bertz CT molecular complexity index is 616. The molecule has 0 saturated carbocycles. The van der Waals surface area contributed by atoms with Gasteiger partial charge in [0.1, 0.15) is 0 Å². The van der Waals surface area contributed by atoms with Crippen LogP contribution in [-0.4, -0.2) is 38.8 Å². The van der Waals surface area contributed by atoms with Crippen LogP contribution in [0.15, 0.2) is 24.3 Å². The van der Waals surface area contributed by atoms with Gasteiger partial charge >= 0.3 is 10.2 Å². The maximum atomic E-state index is 12.4. The number of hydrogen-bond acceptors (Lipinski definition) is 3. The summed E-state index contributed by atoms with van der Waals surface area (Å²) >= 11 is 0. The third-order valence-electron chi connectivity index (χ3n) is 3.56. The highest BCUT2D eigenvalue weighted by atomic mass is 32.2. The Morgan fingerprint density at radius 1 is 1.38 bits per heavy atom. The molecule has 1 aliphatic heterocycles. The third kappa shape index (κ3) is 3.95. The molecule has 1 atom stereocenters. The Hall–Kier alpha value is -1.60. The van der Waals surface area contributed by atoms with Crippen LogP contribution in [0.25, 0.3) is 0 Å². The Kier molecular flexibility index (Phi) is 4.84. The number of piperidine rings is 1. The van der Waals surface area contributed by atoms with Gasteiger partial charge in [-0.25, -0.2) is 0 Å². The van der Waals surface area contributed by atoms with Crippen molar-refractivity contribution in [1.82, 2.24) is 9.62 Å². The van der Waals surface area contributed by atoms with Crippen LogP contribution >= 0.6 is 0 Å². The van der Waals surface area contributed by atoms with Crippen molar-refractivity contribution in [2.24, 2.45) is 5.92 Å². The van der Waals surface area contributed by atoms with Crippen molar-refractivity contribution in [1.29, 1.82) is 0 Å². The molecule has 0 radical (unpaired) electrons. The maximum absolute atomic E-state index is 12.4. The number of amides is 1. The molecular weight excluding hydrogens is 290 g/mol. The van der Waals surface area contributed by atoms with Crippen LogP contribution in [0.5, 0.6) is 0 Å². The minimum absolute atomic E-state index is 0.248. The van der Waals surface area contributed by atoms with Gasteiger partial charge in [0.05, 0.1) is 5.69 Å². The van der Waals surface area contributed by atoms with Crippen molar-refractivity contribution < 1.29 is 13.2 Å². The molecule has 116 valence electrons. The summed E-state index contributed by atoms with van der Waals surface area (Å²) in [6.45, 7) is 3.12. The SMILES string of the molecule is CNC(=O)c1cccc(NS(=O)(=O)N2CCC[C@@H](C)C2)c1. The molecule has 1 amide bonds. The lowest BCUT2D eigenvalue weighted by atomic mass is 10.0. The predicted octanol–water partition coefficient (Wildman–Crippen LogP) is 1.43. The Labute approximate surface area is 125 Å². The first kappa shape index (κ1) is 15.8. The van der Waals surface area contributed by atoms with Crippen LogP contribution in [0.1, 0.15) is 30.1 Å². The Morgan fingerprint density at radius 2 is 2.14 bits per heavy atom. The Balaban J connectivity index is 2.14. The van der Waals surface area contributed by atoms with Crippen molar-refractivity contribution in [2.75, 3.05) is 24.9 Å². The van der Waals surface area contributed by atoms with Crippen LogP contribution < -0.4 is 10.0 Å². The van der Waals surface area contributed by atoms with E-state index in [0.29, 0.717) is 30.3 Å². The van der Waals surface area contributed by atoms with Gasteiger partial charge < -0.3 is 5.32 Å². The number of carbonyl (C=O) groups is 1. The molecule has 0 spiro atoms. The lowest BCUT2D eigenvalue weighted by molar-refractivity contribution is 0.0963. The second-order valence-corrected chi connectivity index (χ2v) is 7.04. The number of carbonyl (C=O) groups excluding carboxylic acids is 1. The first-order chi connectivity index (χ1) is 9.92. The largest absolute Gasteiger partial charge is 0.355 e. The van der Waals surface area contributed by atoms with Crippen molar-refractivity contribution in [2.45, 2.75) is 19.8 Å². The lowest BCUT2D eigenvalue weighted by Crippen LogP contribution is -2.42. The van der Waals surface area contributed by atoms with Gasteiger partial charge in [0.2, 0.25) is 0 Å². The summed E-state index contributed by atoms with van der Waals surface area (Å²) < 4.78 is 28.7. The molecule has 2 N–H and O–H groups in total. The second-order valence-electron chi connectivity index (χ2n) is 5.37. The van der Waals surface area contributed by atoms with Gasteiger partial charge in [-0.05, 0) is 37.0 Å². The summed E-state index contributed by atoms with van der Waals surface area (Å²) in [7, 11) is -2.03. The fraction of sp³-hybridized carbons (Fsp3) is 0.500. The van der Waals surface area contributed by atoms with E-state index in [2.05, 4.69) is 10.0 Å². The van der Waals surface area contributed by atoms with E-state index in [1.165, 1.54) is 17.4 Å². The summed E-state index contributed by atoms with van der Waals surface area (Å²) in [5.41, 5.74) is 0.819. The average Bonchev–Trinajstić information content (AvgIpc) is 2.46. The van der Waals surface area contributed by atoms with Gasteiger partial charge in [0, 0.05) is 25.7 Å². The number of rotatable bonds is 4. The summed E-state index contributed by atoms with van der Waals surface area (Å²) in [6, 6.07) is 6.46. The van der Waals surface area contributed by atoms with Crippen LogP contribution in [0.2, 0.25) is 0 Å². The van der Waals surface area contributed by atoms with E-state index in [1.807, 2.05) is 6.92 Å². The standard InChI is InChI=1S/C14H21N3O3S/c1-11-5-4-8-17(10-11)21(19,20)16-13-7-3-6-12(9-13)14(18)15-2/h3,6-7,9,11,16H,4-5,8,10H2,1-2H3,(H,15,18)/t11-/m1/s1. The van der Waals surface area contributed by atoms with Gasteiger partial charge in [-0.1, -0.05) is 13.0 Å². The van der Waals surface area contributed by atoms with E-state index in [-0.39, 0.29) is 5.91 Å². The molecule has 7 heteroatoms. The Morgan fingerprint density at radius 3 is 2.81 bits per heavy atom. The molecule has 1 aromatic carbocycles. The van der Waals surface area contributed by atoms with E-state index in [9.17, 15) is 13.2 Å². The van der Waals surface area contributed by atoms with Crippen molar-refractivity contribution in [3.05, 3.63) is 29.8 Å². The predicted molar refractivity (Wildman–Crippen MR) is 82.3 cm³/mol. The average molecular weight is 311 g/mol. The number of benzene rings is 1. The van der Waals surface area contributed by atoms with Gasteiger partial charge in [-0.3, -0.25) is 9.52 Å². The van der Waals surface area contributed by atoms with Crippen LogP contribution in [0, 0.1) is 5.92 Å². The zero-order valence-corrected chi connectivity index (χ0v) is 13.1. The summed E-state index contributed by atoms with van der Waals surface area (Å²) in [5.74, 6) is 0.121. The van der Waals surface area contributed by atoms with Crippen molar-refractivity contribution in [3.63, 3.8) is 0 Å². The number of nitrogens with one attached hydrogen (secondary N) is 2. The quantitative estimate of drug-likeness (QED) is 0.883. The van der Waals surface area contributed by atoms with Gasteiger partial charge in [-0.2, -0.15) is 12.7 Å². The molecule has 1 aliphatic rings. The molecule has 1 fully saturated rings. The van der Waals surface area contributed by atoms with Gasteiger partial charge in [0.15, 0.2) is 0 Å². The summed E-state index contributed by atoms with van der Waals surface area (Å²) in [6.07, 6.45) is 1.93. The van der Waals surface area contributed by atoms with E-state index < -0.39 is 10.2 Å². The zero-order valence-electron chi connectivity index (χ0n) is 12.3. The van der Waals surface area contributed by atoms with E-state index in [0.717, 1.165) is 12.8 Å². The van der Waals surface area contributed by atoms with Crippen LogP contribution in [0.4, 0.5) is 5.69 Å². The fourth-order valence-corrected chi connectivity index (χ4v) is 3.82. The highest BCUT2D eigenvalue weighted by molar-refractivity contribution is 7.90. The van der Waals surface area contributed by atoms with Gasteiger partial charge in [0.25, 0.3) is 5.91 Å². The molecule has 1 aromatic rings. The monoisotopic (exact) mass is 311 g/mol. The van der Waals surface area contributed by atoms with E-state index >= 15 is 0 Å². The molecular formula is C14H21N3O3S. The molecule has 0 bridgehead atoms. The molecule has 21 heavy (non-hydrogen) atoms. The molecule has 0 aliphatic carbocycles. The summed E-state index contributed by atoms with van der Waals surface area (Å²) in [5, 5.41) is 2.51.